The first-order valence-electron chi connectivity index (χ1n) is 6.01. The minimum absolute atomic E-state index is 0.290. The van der Waals surface area contributed by atoms with Gasteiger partial charge in [0.05, 0.1) is 5.69 Å². The fraction of sp³-hybridized carbons (Fsp3) is 0.308. The first-order valence-corrected chi connectivity index (χ1v) is 6.01. The summed E-state index contributed by atoms with van der Waals surface area (Å²) in [6, 6.07) is 1.58. The van der Waals surface area contributed by atoms with Gasteiger partial charge in [-0.05, 0) is 13.0 Å². The zero-order valence-corrected chi connectivity index (χ0v) is 11.1. The zero-order valence-electron chi connectivity index (χ0n) is 11.1. The number of rotatable bonds is 5. The van der Waals surface area contributed by atoms with Crippen LogP contribution < -0.4 is 10.2 Å². The summed E-state index contributed by atoms with van der Waals surface area (Å²) in [7, 11) is -0.723. The molecule has 4 nitrogen and oxygen atoms in total. The molecule has 2 rings (SSSR count). The van der Waals surface area contributed by atoms with Gasteiger partial charge in [0.1, 0.15) is 30.6 Å². The number of pyridine rings is 1. The van der Waals surface area contributed by atoms with Crippen molar-refractivity contribution in [1.29, 1.82) is 0 Å². The molecule has 0 atom stereocenters. The molecule has 0 aromatic carbocycles. The highest BCUT2D eigenvalue weighted by Gasteiger charge is 2.35. The van der Waals surface area contributed by atoms with Crippen LogP contribution in [0.5, 0.6) is 5.75 Å². The normalized spacial score (nSPS) is 14.5. The molecule has 2 heterocycles. The highest BCUT2D eigenvalue weighted by atomic mass is 19.1. The number of aryl methyl sites for hydroxylation is 1. The second kappa shape index (κ2) is 5.94. The monoisotopic (exact) mass is 281 g/mol. The molecule has 0 amide bonds. The highest BCUT2D eigenvalue weighted by Crippen LogP contribution is 2.22. The third kappa shape index (κ3) is 2.92. The molecular formula is C13H14BF2NO3. The molecule has 106 valence electrons. The van der Waals surface area contributed by atoms with E-state index in [1.165, 1.54) is 0 Å². The number of hydrogen-bond acceptors (Lipinski definition) is 4. The van der Waals surface area contributed by atoms with Gasteiger partial charge in [0.25, 0.3) is 0 Å². The highest BCUT2D eigenvalue weighted by molar-refractivity contribution is 6.62. The van der Waals surface area contributed by atoms with Crippen molar-refractivity contribution >= 4 is 12.6 Å². The Kier molecular flexibility index (Phi) is 4.27. The number of halogens is 2. The van der Waals surface area contributed by atoms with Gasteiger partial charge in [-0.25, -0.2) is 8.78 Å². The van der Waals surface area contributed by atoms with Crippen LogP contribution >= 0.6 is 0 Å². The summed E-state index contributed by atoms with van der Waals surface area (Å²) < 4.78 is 41.0. The van der Waals surface area contributed by atoms with Crippen LogP contribution in [0.25, 0.3) is 0 Å². The molecular weight excluding hydrogens is 267 g/mol. The predicted octanol–water partition coefficient (Wildman–Crippen LogP) is 1.85. The Hall–Kier alpha value is -2.05. The Morgan fingerprint density at radius 3 is 2.45 bits per heavy atom. The lowest BCUT2D eigenvalue weighted by atomic mass is 9.80. The number of aromatic nitrogens is 1. The van der Waals surface area contributed by atoms with E-state index >= 15 is 0 Å². The van der Waals surface area contributed by atoms with E-state index in [-0.39, 0.29) is 5.75 Å². The molecule has 7 heteroatoms. The molecule has 0 radical (unpaired) electrons. The van der Waals surface area contributed by atoms with Gasteiger partial charge in [-0.15, -0.1) is 0 Å². The van der Waals surface area contributed by atoms with Gasteiger partial charge in [0.15, 0.2) is 6.10 Å². The summed E-state index contributed by atoms with van der Waals surface area (Å²) in [5.74, 6) is 0.963. The molecule has 0 saturated carbocycles. The maximum atomic E-state index is 12.5. The second-order valence-corrected chi connectivity index (χ2v) is 4.31. The van der Waals surface area contributed by atoms with E-state index in [9.17, 15) is 8.78 Å². The zero-order chi connectivity index (χ0) is 14.7. The Labute approximate surface area is 116 Å². The average molecular weight is 281 g/mol. The van der Waals surface area contributed by atoms with Crippen molar-refractivity contribution in [3.8, 4) is 5.75 Å². The van der Waals surface area contributed by atoms with Crippen molar-refractivity contribution in [3.63, 3.8) is 0 Å². The molecule has 0 unspecified atom stereocenters. The summed E-state index contributed by atoms with van der Waals surface area (Å²) in [5, 5.41) is 0. The number of alkyl halides is 2. The van der Waals surface area contributed by atoms with Crippen LogP contribution in [0.2, 0.25) is 0 Å². The van der Waals surface area contributed by atoms with Crippen molar-refractivity contribution < 1.29 is 22.8 Å². The van der Waals surface area contributed by atoms with Crippen LogP contribution in [0.4, 0.5) is 8.78 Å². The van der Waals surface area contributed by atoms with Gasteiger partial charge < -0.3 is 14.0 Å². The summed E-state index contributed by atoms with van der Waals surface area (Å²) in [5.41, 5.74) is 1.08. The quantitative estimate of drug-likeness (QED) is 0.772. The summed E-state index contributed by atoms with van der Waals surface area (Å²) in [6.45, 7) is 7.11. The first-order chi connectivity index (χ1) is 9.55. The second-order valence-electron chi connectivity index (χ2n) is 4.31. The van der Waals surface area contributed by atoms with E-state index in [2.05, 4.69) is 18.1 Å². The predicted molar refractivity (Wildman–Crippen MR) is 71.2 cm³/mol. The Balaban J connectivity index is 2.20. The van der Waals surface area contributed by atoms with Crippen LogP contribution in [0.3, 0.4) is 0 Å². The smallest absolute Gasteiger partial charge is 0.520 e. The first kappa shape index (κ1) is 14.4. The lowest BCUT2D eigenvalue weighted by molar-refractivity contribution is 0.132. The Bertz CT molecular complexity index is 518. The van der Waals surface area contributed by atoms with Crippen molar-refractivity contribution in [2.45, 2.75) is 13.0 Å². The lowest BCUT2D eigenvalue weighted by Gasteiger charge is -2.15. The van der Waals surface area contributed by atoms with Crippen molar-refractivity contribution in [2.24, 2.45) is 0 Å². The maximum Gasteiger partial charge on any atom is 0.634 e. The minimum Gasteiger partial charge on any atom is -0.520 e. The molecule has 0 N–H and O–H groups in total. The van der Waals surface area contributed by atoms with E-state index in [0.717, 1.165) is 0 Å². The largest absolute Gasteiger partial charge is 0.634 e. The summed E-state index contributed by atoms with van der Waals surface area (Å²) >= 11 is 0. The van der Waals surface area contributed by atoms with Gasteiger partial charge in [0, 0.05) is 11.7 Å². The van der Waals surface area contributed by atoms with E-state index in [4.69, 9.17) is 14.0 Å². The molecule has 1 saturated heterocycles. The van der Waals surface area contributed by atoms with E-state index in [1.54, 1.807) is 19.2 Å². The van der Waals surface area contributed by atoms with Gasteiger partial charge >= 0.3 is 7.12 Å². The van der Waals surface area contributed by atoms with Gasteiger partial charge in [-0.3, -0.25) is 4.98 Å². The van der Waals surface area contributed by atoms with Gasteiger partial charge in [-0.2, -0.15) is 0 Å². The molecule has 0 aliphatic carbocycles. The topological polar surface area (TPSA) is 40.6 Å². The van der Waals surface area contributed by atoms with Gasteiger partial charge in [0.2, 0.25) is 0 Å². The van der Waals surface area contributed by atoms with Crippen LogP contribution in [0, 0.1) is 6.92 Å². The molecule has 1 aromatic heterocycles. The minimum atomic E-state index is -1.14. The van der Waals surface area contributed by atoms with Crippen molar-refractivity contribution in [2.75, 3.05) is 13.3 Å². The Morgan fingerprint density at radius 2 is 1.90 bits per heavy atom. The number of nitrogens with zero attached hydrogens (tertiary/aromatic N) is 1. The molecule has 1 aliphatic heterocycles. The van der Waals surface area contributed by atoms with Crippen LogP contribution in [-0.2, 0) is 9.31 Å². The van der Waals surface area contributed by atoms with Crippen LogP contribution in [0.1, 0.15) is 5.69 Å². The number of ether oxygens (including phenoxy) is 1. The van der Waals surface area contributed by atoms with E-state index in [1.807, 2.05) is 0 Å². The molecule has 20 heavy (non-hydrogen) atoms. The Morgan fingerprint density at radius 1 is 1.30 bits per heavy atom. The standard InChI is InChI=1S/C13H14BF2NO3/c1-8-13(18-12(5-15)6-16)4-11(7-17-8)14-19-9(2)10(3)20-14/h4,7,12H,2-3,5-6H2,1H3. The maximum absolute atomic E-state index is 12.5. The van der Waals surface area contributed by atoms with Crippen LogP contribution in [-0.4, -0.2) is 31.6 Å². The summed E-state index contributed by atoms with van der Waals surface area (Å²) in [4.78, 5) is 4.11. The summed E-state index contributed by atoms with van der Waals surface area (Å²) in [6.07, 6.45) is 0.402. The van der Waals surface area contributed by atoms with Gasteiger partial charge in [-0.1, -0.05) is 13.2 Å². The number of hydrogen-bond donors (Lipinski definition) is 0. The van der Waals surface area contributed by atoms with Crippen molar-refractivity contribution in [1.82, 2.24) is 4.98 Å². The van der Waals surface area contributed by atoms with Crippen molar-refractivity contribution in [3.05, 3.63) is 42.6 Å². The average Bonchev–Trinajstić information content (AvgIpc) is 2.78. The SMILES string of the molecule is C=C1OB(c2cnc(C)c(OC(CF)CF)c2)OC1=C. The molecule has 1 fully saturated rings. The molecule has 1 aliphatic rings. The molecule has 0 bridgehead atoms. The van der Waals surface area contributed by atoms with E-state index < -0.39 is 26.6 Å². The fourth-order valence-electron chi connectivity index (χ4n) is 1.61. The lowest BCUT2D eigenvalue weighted by Crippen LogP contribution is -2.32. The third-order valence-corrected chi connectivity index (χ3v) is 2.78. The molecule has 0 spiro atoms. The van der Waals surface area contributed by atoms with Crippen LogP contribution in [0.15, 0.2) is 36.9 Å². The third-order valence-electron chi connectivity index (χ3n) is 2.78. The fourth-order valence-corrected chi connectivity index (χ4v) is 1.61. The van der Waals surface area contributed by atoms with E-state index in [0.29, 0.717) is 22.7 Å². The molecule has 1 aromatic rings.